The Balaban J connectivity index is 2.72. The number of halogens is 5. The monoisotopic (exact) mass is 298 g/mol. The second-order valence-electron chi connectivity index (χ2n) is 3.93. The maximum Gasteiger partial charge on any atom is 0.472 e. The number of phosphoric ester groups is 1. The summed E-state index contributed by atoms with van der Waals surface area (Å²) >= 11 is 0. The first kappa shape index (κ1) is 15.8. The van der Waals surface area contributed by atoms with Gasteiger partial charge in [-0.2, -0.15) is 22.0 Å². The summed E-state index contributed by atoms with van der Waals surface area (Å²) in [4.78, 5) is 9.03. The number of hydrogen-bond acceptors (Lipinski definition) is 3. The molecule has 2 atom stereocenters. The minimum Gasteiger partial charge on any atom is -0.302 e. The highest BCUT2D eigenvalue weighted by Crippen LogP contribution is 2.49. The molecule has 2 unspecified atom stereocenters. The molecule has 0 saturated carbocycles. The third-order valence-electron chi connectivity index (χ3n) is 2.36. The predicted molar refractivity (Wildman–Crippen MR) is 50.1 cm³/mol. The van der Waals surface area contributed by atoms with Crippen molar-refractivity contribution in [3.8, 4) is 0 Å². The highest BCUT2D eigenvalue weighted by atomic mass is 31.2. The Morgan fingerprint density at radius 1 is 1.22 bits per heavy atom. The van der Waals surface area contributed by atoms with Crippen molar-refractivity contribution >= 4 is 7.82 Å². The van der Waals surface area contributed by atoms with Crippen LogP contribution >= 0.6 is 7.82 Å². The molecule has 0 aromatic rings. The lowest BCUT2D eigenvalue weighted by atomic mass is 10.0. The van der Waals surface area contributed by atoms with Crippen LogP contribution in [0.25, 0.3) is 0 Å². The second-order valence-corrected chi connectivity index (χ2v) is 5.34. The topological polar surface area (TPSA) is 55.8 Å². The van der Waals surface area contributed by atoms with E-state index in [1.165, 1.54) is 0 Å². The average molecular weight is 298 g/mol. The maximum absolute atomic E-state index is 12.8. The van der Waals surface area contributed by atoms with E-state index in [0.29, 0.717) is 6.42 Å². The molecule has 0 aliphatic carbocycles. The number of hydrogen-bond donors (Lipinski definition) is 1. The van der Waals surface area contributed by atoms with E-state index in [0.717, 1.165) is 0 Å². The zero-order valence-corrected chi connectivity index (χ0v) is 10.0. The van der Waals surface area contributed by atoms with E-state index < -0.39 is 32.4 Å². The van der Waals surface area contributed by atoms with E-state index in [-0.39, 0.29) is 19.4 Å². The molecule has 0 bridgehead atoms. The molecule has 18 heavy (non-hydrogen) atoms. The first-order chi connectivity index (χ1) is 8.04. The first-order valence-corrected chi connectivity index (χ1v) is 6.63. The molecule has 108 valence electrons. The molecule has 0 amide bonds. The van der Waals surface area contributed by atoms with Crippen LogP contribution in [0, 0.1) is 0 Å². The van der Waals surface area contributed by atoms with Crippen LogP contribution in [0.5, 0.6) is 0 Å². The van der Waals surface area contributed by atoms with E-state index in [2.05, 4.69) is 9.05 Å². The minimum absolute atomic E-state index is 0.101. The summed E-state index contributed by atoms with van der Waals surface area (Å²) in [5, 5.41) is 0. The normalized spacial score (nSPS) is 31.8. The van der Waals surface area contributed by atoms with E-state index in [4.69, 9.17) is 4.89 Å². The van der Waals surface area contributed by atoms with Crippen molar-refractivity contribution in [1.29, 1.82) is 0 Å². The minimum atomic E-state index is -5.71. The largest absolute Gasteiger partial charge is 0.472 e. The summed E-state index contributed by atoms with van der Waals surface area (Å²) < 4.78 is 81.4. The number of phosphoric acid groups is 1. The van der Waals surface area contributed by atoms with Crippen molar-refractivity contribution < 1.29 is 40.5 Å². The fourth-order valence-electron chi connectivity index (χ4n) is 1.47. The summed E-state index contributed by atoms with van der Waals surface area (Å²) in [6.07, 6.45) is -8.65. The molecule has 0 spiro atoms. The molecule has 1 aliphatic rings. The standard InChI is InChI=1S/C8H12F5O4P/c9-7(10,8(11,12)13)5-6-3-1-2-4-16-18(14,15)17-6/h6H,1-5H2,(H,14,15). The van der Waals surface area contributed by atoms with Crippen molar-refractivity contribution in [2.75, 3.05) is 6.61 Å². The van der Waals surface area contributed by atoms with E-state index in [1.54, 1.807) is 0 Å². The van der Waals surface area contributed by atoms with Gasteiger partial charge < -0.3 is 4.89 Å². The summed E-state index contributed by atoms with van der Waals surface area (Å²) in [7, 11) is -4.55. The molecule has 4 nitrogen and oxygen atoms in total. The van der Waals surface area contributed by atoms with E-state index in [9.17, 15) is 26.5 Å². The average Bonchev–Trinajstić information content (AvgIpc) is 2.10. The van der Waals surface area contributed by atoms with Crippen molar-refractivity contribution in [2.45, 2.75) is 43.9 Å². The maximum atomic E-state index is 12.8. The number of rotatable bonds is 2. The zero-order chi connectivity index (χ0) is 14.0. The molecule has 10 heteroatoms. The van der Waals surface area contributed by atoms with Gasteiger partial charge in [-0.05, 0) is 19.3 Å². The Hall–Kier alpha value is -0.240. The summed E-state index contributed by atoms with van der Waals surface area (Å²) in [6.45, 7) is -0.101. The van der Waals surface area contributed by atoms with Crippen molar-refractivity contribution in [3.63, 3.8) is 0 Å². The van der Waals surface area contributed by atoms with Crippen LogP contribution in [-0.4, -0.2) is 29.7 Å². The van der Waals surface area contributed by atoms with E-state index in [1.807, 2.05) is 0 Å². The van der Waals surface area contributed by atoms with Gasteiger partial charge in [-0.15, -0.1) is 0 Å². The quantitative estimate of drug-likeness (QED) is 0.628. The third-order valence-corrected chi connectivity index (χ3v) is 3.43. The Morgan fingerprint density at radius 3 is 2.39 bits per heavy atom. The molecule has 0 aromatic heterocycles. The van der Waals surface area contributed by atoms with Crippen molar-refractivity contribution in [2.24, 2.45) is 0 Å². The van der Waals surface area contributed by atoms with Crippen LogP contribution in [0.2, 0.25) is 0 Å². The fraction of sp³-hybridized carbons (Fsp3) is 1.00. The highest BCUT2D eigenvalue weighted by Gasteiger charge is 2.58. The van der Waals surface area contributed by atoms with Crippen molar-refractivity contribution in [3.05, 3.63) is 0 Å². The third kappa shape index (κ3) is 4.46. The Labute approximate surface area is 99.7 Å². The lowest BCUT2D eigenvalue weighted by molar-refractivity contribution is -0.289. The molecule has 1 saturated heterocycles. The first-order valence-electron chi connectivity index (χ1n) is 5.14. The van der Waals surface area contributed by atoms with Gasteiger partial charge in [0.15, 0.2) is 0 Å². The SMILES string of the molecule is O=P1(O)OCCCCC(CC(F)(F)C(F)(F)F)O1. The van der Waals surface area contributed by atoms with Gasteiger partial charge >= 0.3 is 19.9 Å². The number of alkyl halides is 5. The van der Waals surface area contributed by atoms with Gasteiger partial charge in [-0.1, -0.05) is 0 Å². The van der Waals surface area contributed by atoms with Gasteiger partial charge in [-0.3, -0.25) is 9.05 Å². The molecule has 1 N–H and O–H groups in total. The van der Waals surface area contributed by atoms with Crippen LogP contribution < -0.4 is 0 Å². The van der Waals surface area contributed by atoms with E-state index >= 15 is 0 Å². The molecule has 1 aliphatic heterocycles. The van der Waals surface area contributed by atoms with Gasteiger partial charge in [0, 0.05) is 6.42 Å². The predicted octanol–water partition coefficient (Wildman–Crippen LogP) is 3.26. The summed E-state index contributed by atoms with van der Waals surface area (Å²) in [5.74, 6) is -4.96. The van der Waals surface area contributed by atoms with Crippen LogP contribution in [0.4, 0.5) is 22.0 Å². The summed E-state index contributed by atoms with van der Waals surface area (Å²) in [5.41, 5.74) is 0. The van der Waals surface area contributed by atoms with Gasteiger partial charge in [0.1, 0.15) is 0 Å². The Morgan fingerprint density at radius 2 is 1.83 bits per heavy atom. The molecule has 0 aromatic carbocycles. The van der Waals surface area contributed by atoms with Crippen LogP contribution in [0.15, 0.2) is 0 Å². The lowest BCUT2D eigenvalue weighted by Gasteiger charge is -2.27. The highest BCUT2D eigenvalue weighted by molar-refractivity contribution is 7.47. The van der Waals surface area contributed by atoms with Gasteiger partial charge in [0.2, 0.25) is 0 Å². The lowest BCUT2D eigenvalue weighted by Crippen LogP contribution is -2.40. The Bertz CT molecular complexity index is 332. The molecular formula is C8H12F5O4P. The molecule has 0 radical (unpaired) electrons. The van der Waals surface area contributed by atoms with Crippen LogP contribution in [0.3, 0.4) is 0 Å². The van der Waals surface area contributed by atoms with Gasteiger partial charge in [-0.25, -0.2) is 4.57 Å². The Kier molecular flexibility index (Phi) is 4.75. The van der Waals surface area contributed by atoms with Crippen LogP contribution in [0.1, 0.15) is 25.7 Å². The molecule has 1 heterocycles. The zero-order valence-electron chi connectivity index (χ0n) is 9.12. The molecular weight excluding hydrogens is 286 g/mol. The summed E-state index contributed by atoms with van der Waals surface area (Å²) in [6, 6.07) is 0. The van der Waals surface area contributed by atoms with Gasteiger partial charge in [0.25, 0.3) is 0 Å². The smallest absolute Gasteiger partial charge is 0.302 e. The molecule has 1 rings (SSSR count). The fourth-order valence-corrected chi connectivity index (χ4v) is 2.44. The second kappa shape index (κ2) is 5.40. The molecule has 1 fully saturated rings. The van der Waals surface area contributed by atoms with Gasteiger partial charge in [0.05, 0.1) is 12.7 Å². The van der Waals surface area contributed by atoms with Crippen LogP contribution in [-0.2, 0) is 13.6 Å². The van der Waals surface area contributed by atoms with Crippen molar-refractivity contribution in [1.82, 2.24) is 0 Å².